The topological polar surface area (TPSA) is 105 Å². The van der Waals surface area contributed by atoms with Crippen molar-refractivity contribution in [3.63, 3.8) is 0 Å². The van der Waals surface area contributed by atoms with E-state index in [1.54, 1.807) is 4.90 Å². The number of amides is 1. The van der Waals surface area contributed by atoms with Crippen LogP contribution in [0.15, 0.2) is 23.2 Å². The lowest BCUT2D eigenvalue weighted by Gasteiger charge is -2.33. The summed E-state index contributed by atoms with van der Waals surface area (Å²) in [6.45, 7) is -0.889. The lowest BCUT2D eigenvalue weighted by molar-refractivity contribution is -0.140. The number of nitrogens with two attached hydrogens (primary N) is 1. The molecule has 1 atom stereocenters. The molecule has 2 rings (SSSR count). The number of hydrogen-bond donors (Lipinski definition) is 2. The van der Waals surface area contributed by atoms with Crippen molar-refractivity contribution in [2.24, 2.45) is 11.1 Å². The first kappa shape index (κ1) is 18.5. The highest BCUT2D eigenvalue weighted by atomic mass is 32.2. The molecule has 1 aliphatic rings. The van der Waals surface area contributed by atoms with Gasteiger partial charge in [0.25, 0.3) is 0 Å². The number of nitrogens with one attached hydrogen (secondary N) is 1. The molecule has 1 fully saturated rings. The van der Waals surface area contributed by atoms with Gasteiger partial charge >= 0.3 is 6.18 Å². The molecule has 2 heterocycles. The van der Waals surface area contributed by atoms with Crippen LogP contribution in [0.3, 0.4) is 0 Å². The molecule has 1 aromatic rings. The van der Waals surface area contributed by atoms with Crippen LogP contribution in [0.5, 0.6) is 0 Å². The van der Waals surface area contributed by atoms with E-state index in [0.717, 1.165) is 0 Å². The Hall–Kier alpha value is -1.88. The van der Waals surface area contributed by atoms with Gasteiger partial charge in [-0.25, -0.2) is 18.5 Å². The fraction of sp³-hybridized carbons (Fsp3) is 0.538. The van der Waals surface area contributed by atoms with Crippen molar-refractivity contribution in [1.82, 2.24) is 10.3 Å². The van der Waals surface area contributed by atoms with Crippen LogP contribution >= 0.6 is 0 Å². The van der Waals surface area contributed by atoms with Crippen LogP contribution in [-0.2, 0) is 14.8 Å². The van der Waals surface area contributed by atoms with Crippen molar-refractivity contribution < 1.29 is 26.4 Å². The zero-order valence-electron chi connectivity index (χ0n) is 12.6. The average molecular weight is 366 g/mol. The first-order valence-electron chi connectivity index (χ1n) is 7.15. The summed E-state index contributed by atoms with van der Waals surface area (Å²) in [5.41, 5.74) is 0. The average Bonchev–Trinajstić information content (AvgIpc) is 2.51. The number of carbonyl (C=O) groups is 1. The number of hydrogen-bond acceptors (Lipinski definition) is 5. The third kappa shape index (κ3) is 4.81. The fourth-order valence-electron chi connectivity index (χ4n) is 2.56. The summed E-state index contributed by atoms with van der Waals surface area (Å²) in [5.74, 6) is -1.30. The van der Waals surface area contributed by atoms with Gasteiger partial charge < -0.3 is 10.2 Å². The number of alkyl halides is 3. The molecule has 1 aliphatic heterocycles. The predicted molar refractivity (Wildman–Crippen MR) is 79.6 cm³/mol. The van der Waals surface area contributed by atoms with Crippen molar-refractivity contribution >= 4 is 21.7 Å². The Bertz CT molecular complexity index is 709. The van der Waals surface area contributed by atoms with Crippen molar-refractivity contribution in [3.8, 4) is 0 Å². The maximum absolute atomic E-state index is 12.2. The summed E-state index contributed by atoms with van der Waals surface area (Å²) in [6.07, 6.45) is -2.16. The first-order chi connectivity index (χ1) is 11.1. The standard InChI is InChI=1S/C13H17F3N4O3S/c14-13(15,16)8-19-12(21)9-3-2-6-20(7-9)11-10(24(17,22)23)4-1-5-18-11/h1,4-5,9H,2-3,6-8H2,(H,19,21)(H2,17,22,23). The van der Waals surface area contributed by atoms with Crippen LogP contribution in [-0.4, -0.2) is 45.1 Å². The Morgan fingerprint density at radius 3 is 2.79 bits per heavy atom. The molecule has 1 aromatic heterocycles. The molecule has 0 radical (unpaired) electrons. The number of nitrogens with zero attached hydrogens (tertiary/aromatic N) is 2. The van der Waals surface area contributed by atoms with Crippen LogP contribution < -0.4 is 15.4 Å². The minimum atomic E-state index is -4.48. The highest BCUT2D eigenvalue weighted by molar-refractivity contribution is 7.89. The molecule has 1 unspecified atom stereocenters. The number of carbonyl (C=O) groups excluding carboxylic acids is 1. The molecule has 0 bridgehead atoms. The highest BCUT2D eigenvalue weighted by Crippen LogP contribution is 2.26. The summed E-state index contributed by atoms with van der Waals surface area (Å²) < 4.78 is 59.8. The number of pyridine rings is 1. The summed E-state index contributed by atoms with van der Waals surface area (Å²) in [6, 6.07) is 2.71. The molecule has 1 amide bonds. The molecule has 24 heavy (non-hydrogen) atoms. The molecule has 7 nitrogen and oxygen atoms in total. The first-order valence-corrected chi connectivity index (χ1v) is 8.70. The van der Waals surface area contributed by atoms with E-state index in [9.17, 15) is 26.4 Å². The Morgan fingerprint density at radius 1 is 1.46 bits per heavy atom. The number of sulfonamides is 1. The minimum Gasteiger partial charge on any atom is -0.355 e. The Kier molecular flexibility index (Phi) is 5.33. The third-order valence-corrected chi connectivity index (χ3v) is 4.54. The number of piperidine rings is 1. The monoisotopic (exact) mass is 366 g/mol. The molecule has 3 N–H and O–H groups in total. The van der Waals surface area contributed by atoms with E-state index in [1.165, 1.54) is 18.3 Å². The number of primary sulfonamides is 1. The third-order valence-electron chi connectivity index (χ3n) is 3.61. The Morgan fingerprint density at radius 2 is 2.17 bits per heavy atom. The van der Waals surface area contributed by atoms with E-state index in [4.69, 9.17) is 5.14 Å². The second kappa shape index (κ2) is 6.93. The second-order valence-corrected chi connectivity index (χ2v) is 7.02. The molecule has 134 valence electrons. The number of halogens is 3. The summed E-state index contributed by atoms with van der Waals surface area (Å²) in [4.78, 5) is 17.3. The van der Waals surface area contributed by atoms with Crippen LogP contribution in [0.25, 0.3) is 0 Å². The van der Waals surface area contributed by atoms with E-state index in [1.807, 2.05) is 5.32 Å². The van der Waals surface area contributed by atoms with Gasteiger partial charge in [-0.1, -0.05) is 0 Å². The molecule has 0 aliphatic carbocycles. The van der Waals surface area contributed by atoms with Gasteiger partial charge in [-0.05, 0) is 25.0 Å². The van der Waals surface area contributed by atoms with E-state index >= 15 is 0 Å². The smallest absolute Gasteiger partial charge is 0.355 e. The van der Waals surface area contributed by atoms with Gasteiger partial charge in [-0.2, -0.15) is 13.2 Å². The quantitative estimate of drug-likeness (QED) is 0.813. The lowest BCUT2D eigenvalue weighted by atomic mass is 9.97. The minimum absolute atomic E-state index is 0.0726. The summed E-state index contributed by atoms with van der Waals surface area (Å²) in [5, 5.41) is 7.01. The van der Waals surface area contributed by atoms with Crippen molar-refractivity contribution in [2.45, 2.75) is 23.9 Å². The van der Waals surface area contributed by atoms with Crippen molar-refractivity contribution in [3.05, 3.63) is 18.3 Å². The molecule has 0 spiro atoms. The predicted octanol–water partition coefficient (Wildman–Crippen LogP) is 0.624. The van der Waals surface area contributed by atoms with Crippen LogP contribution in [0.1, 0.15) is 12.8 Å². The number of aromatic nitrogens is 1. The van der Waals surface area contributed by atoms with Gasteiger partial charge in [0.05, 0.1) is 5.92 Å². The lowest BCUT2D eigenvalue weighted by Crippen LogP contribution is -2.45. The van der Waals surface area contributed by atoms with Crippen LogP contribution in [0, 0.1) is 5.92 Å². The van der Waals surface area contributed by atoms with Crippen LogP contribution in [0.4, 0.5) is 19.0 Å². The Labute approximate surface area is 137 Å². The maximum atomic E-state index is 12.2. The van der Waals surface area contributed by atoms with E-state index in [-0.39, 0.29) is 17.3 Å². The summed E-state index contributed by atoms with van der Waals surface area (Å²) in [7, 11) is -4.00. The van der Waals surface area contributed by atoms with E-state index < -0.39 is 34.6 Å². The van der Waals surface area contributed by atoms with Gasteiger partial charge in [0, 0.05) is 19.3 Å². The fourth-order valence-corrected chi connectivity index (χ4v) is 3.26. The highest BCUT2D eigenvalue weighted by Gasteiger charge is 2.32. The molecule has 11 heteroatoms. The number of rotatable bonds is 4. The molecular weight excluding hydrogens is 349 g/mol. The van der Waals surface area contributed by atoms with Gasteiger partial charge in [0.2, 0.25) is 15.9 Å². The summed E-state index contributed by atoms with van der Waals surface area (Å²) >= 11 is 0. The maximum Gasteiger partial charge on any atom is 0.405 e. The molecule has 0 aromatic carbocycles. The van der Waals surface area contributed by atoms with Gasteiger partial charge in [-0.3, -0.25) is 4.79 Å². The molecular formula is C13H17F3N4O3S. The normalized spacial score (nSPS) is 19.2. The van der Waals surface area contributed by atoms with Crippen LogP contribution in [0.2, 0.25) is 0 Å². The number of anilines is 1. The Balaban J connectivity index is 2.13. The van der Waals surface area contributed by atoms with Crippen molar-refractivity contribution in [1.29, 1.82) is 0 Å². The van der Waals surface area contributed by atoms with Gasteiger partial charge in [0.15, 0.2) is 0 Å². The molecule has 1 saturated heterocycles. The largest absolute Gasteiger partial charge is 0.405 e. The van der Waals surface area contributed by atoms with Gasteiger partial charge in [0.1, 0.15) is 17.3 Å². The van der Waals surface area contributed by atoms with Crippen molar-refractivity contribution in [2.75, 3.05) is 24.5 Å². The second-order valence-electron chi connectivity index (χ2n) is 5.49. The van der Waals surface area contributed by atoms with E-state index in [0.29, 0.717) is 19.4 Å². The molecule has 0 saturated carbocycles. The van der Waals surface area contributed by atoms with Gasteiger partial charge in [-0.15, -0.1) is 0 Å². The zero-order valence-corrected chi connectivity index (χ0v) is 13.4. The van der Waals surface area contributed by atoms with E-state index in [2.05, 4.69) is 4.98 Å². The SMILES string of the molecule is NS(=O)(=O)c1cccnc1N1CCCC(C(=O)NCC(F)(F)F)C1. The zero-order chi connectivity index (χ0) is 18.0.